The number of hydrogen-bond donors (Lipinski definition) is 0. The van der Waals surface area contributed by atoms with Crippen LogP contribution in [-0.4, -0.2) is 4.98 Å². The first-order chi connectivity index (χ1) is 11.1. The predicted octanol–water partition coefficient (Wildman–Crippen LogP) is 6.70. The smallest absolute Gasteiger partial charge is 0.141 e. The van der Waals surface area contributed by atoms with Crippen LogP contribution in [0.4, 0.5) is 4.39 Å². The Kier molecular flexibility index (Phi) is 11.0. The molecule has 0 bridgehead atoms. The molecule has 5 heteroatoms. The van der Waals surface area contributed by atoms with Gasteiger partial charge in [0.25, 0.3) is 0 Å². The number of aromatic nitrogens is 1. The van der Waals surface area contributed by atoms with Crippen molar-refractivity contribution >= 4 is 23.2 Å². The Balaban J connectivity index is 0.00000112. The molecule has 0 aliphatic heterocycles. The number of pyridine rings is 1. The molecule has 1 aromatic heterocycles. The maximum Gasteiger partial charge on any atom is 0.141 e. The van der Waals surface area contributed by atoms with Gasteiger partial charge in [-0.3, -0.25) is 0 Å². The van der Waals surface area contributed by atoms with Crippen LogP contribution in [0.15, 0.2) is 30.3 Å². The number of halogens is 3. The molecule has 0 unspecified atom stereocenters. The zero-order valence-corrected chi connectivity index (χ0v) is 15.3. The van der Waals surface area contributed by atoms with E-state index in [2.05, 4.69) is 11.1 Å². The van der Waals surface area contributed by atoms with Gasteiger partial charge in [0.2, 0.25) is 0 Å². The highest BCUT2D eigenvalue weighted by Crippen LogP contribution is 2.26. The minimum Gasteiger partial charge on any atom is -0.236 e. The van der Waals surface area contributed by atoms with Crippen molar-refractivity contribution in [1.29, 1.82) is 5.26 Å². The third kappa shape index (κ3) is 6.99. The molecule has 2 rings (SSSR count). The molecular weight excluding hydrogens is 334 g/mol. The lowest BCUT2D eigenvalue weighted by Gasteiger charge is -2.06. The fourth-order valence-electron chi connectivity index (χ4n) is 1.70. The number of nitriles is 1. The van der Waals surface area contributed by atoms with Crippen molar-refractivity contribution in [3.63, 3.8) is 0 Å². The highest BCUT2D eigenvalue weighted by molar-refractivity contribution is 6.31. The highest BCUT2D eigenvalue weighted by Gasteiger charge is 2.07. The summed E-state index contributed by atoms with van der Waals surface area (Å²) < 4.78 is 13.1. The van der Waals surface area contributed by atoms with Crippen molar-refractivity contribution in [1.82, 2.24) is 4.98 Å². The van der Waals surface area contributed by atoms with E-state index in [0.717, 1.165) is 5.56 Å². The predicted molar refractivity (Wildman–Crippen MR) is 96.3 cm³/mol. The van der Waals surface area contributed by atoms with Gasteiger partial charge < -0.3 is 0 Å². The van der Waals surface area contributed by atoms with Crippen LogP contribution in [0.5, 0.6) is 0 Å². The standard InChI is InChI=1S/C14H9Cl2FN2.2C2H6/c15-11-8-10(3-4-12(11)17)13-6-9(2-1-5-18)7-14(16)19-13;2*1-2/h3-4,6-8H,1-2H2;2*1-2H3. The summed E-state index contributed by atoms with van der Waals surface area (Å²) in [6.07, 6.45) is 1.00. The summed E-state index contributed by atoms with van der Waals surface area (Å²) >= 11 is 11.7. The molecular formula is C18H21Cl2FN2. The van der Waals surface area contributed by atoms with Crippen LogP contribution in [0, 0.1) is 17.1 Å². The van der Waals surface area contributed by atoms with Crippen LogP contribution in [0.3, 0.4) is 0 Å². The maximum absolute atomic E-state index is 13.1. The molecule has 0 aliphatic carbocycles. The summed E-state index contributed by atoms with van der Waals surface area (Å²) in [5.41, 5.74) is 2.21. The Labute approximate surface area is 147 Å². The van der Waals surface area contributed by atoms with Crippen molar-refractivity contribution in [2.45, 2.75) is 40.5 Å². The van der Waals surface area contributed by atoms with Gasteiger partial charge in [0.05, 0.1) is 16.8 Å². The minimum atomic E-state index is -0.475. The lowest BCUT2D eigenvalue weighted by atomic mass is 10.1. The minimum absolute atomic E-state index is 0.0397. The van der Waals surface area contributed by atoms with E-state index >= 15 is 0 Å². The van der Waals surface area contributed by atoms with Gasteiger partial charge in [-0.2, -0.15) is 5.26 Å². The summed E-state index contributed by atoms with van der Waals surface area (Å²) in [6.45, 7) is 8.00. The van der Waals surface area contributed by atoms with Crippen molar-refractivity contribution in [3.05, 3.63) is 51.9 Å². The van der Waals surface area contributed by atoms with Gasteiger partial charge in [0.15, 0.2) is 0 Å². The normalized spacial score (nSPS) is 8.96. The topological polar surface area (TPSA) is 36.7 Å². The summed E-state index contributed by atoms with van der Waals surface area (Å²) in [5, 5.41) is 8.97. The number of benzene rings is 1. The number of hydrogen-bond acceptors (Lipinski definition) is 2. The SMILES string of the molecule is CC.CC.N#CCCc1cc(Cl)nc(-c2ccc(F)c(Cl)c2)c1. The van der Waals surface area contributed by atoms with Crippen molar-refractivity contribution in [2.24, 2.45) is 0 Å². The average molecular weight is 355 g/mol. The van der Waals surface area contributed by atoms with Gasteiger partial charge in [0, 0.05) is 12.0 Å². The molecule has 0 N–H and O–H groups in total. The monoisotopic (exact) mass is 354 g/mol. The number of aryl methyl sites for hydroxylation is 1. The lowest BCUT2D eigenvalue weighted by Crippen LogP contribution is -1.91. The second kappa shape index (κ2) is 11.9. The molecule has 0 amide bonds. The van der Waals surface area contributed by atoms with Crippen LogP contribution in [-0.2, 0) is 6.42 Å². The molecule has 2 aromatic rings. The molecule has 1 heterocycles. The van der Waals surface area contributed by atoms with E-state index < -0.39 is 5.82 Å². The van der Waals surface area contributed by atoms with Crippen LogP contribution in [0.2, 0.25) is 10.2 Å². The van der Waals surface area contributed by atoms with Gasteiger partial charge in [-0.15, -0.1) is 0 Å². The second-order valence-corrected chi connectivity index (χ2v) is 4.76. The quantitative estimate of drug-likeness (QED) is 0.574. The average Bonchev–Trinajstić information content (AvgIpc) is 2.58. The molecule has 0 radical (unpaired) electrons. The van der Waals surface area contributed by atoms with Crippen molar-refractivity contribution < 1.29 is 4.39 Å². The largest absolute Gasteiger partial charge is 0.236 e. The Bertz CT molecular complexity index is 652. The number of rotatable bonds is 3. The molecule has 0 fully saturated rings. The maximum atomic E-state index is 13.1. The summed E-state index contributed by atoms with van der Waals surface area (Å²) in [6, 6.07) is 10.0. The first-order valence-electron chi connectivity index (χ1n) is 7.59. The Hall–Kier alpha value is -1.63. The molecule has 1 aromatic carbocycles. The van der Waals surface area contributed by atoms with E-state index in [0.29, 0.717) is 29.3 Å². The van der Waals surface area contributed by atoms with Gasteiger partial charge in [0.1, 0.15) is 11.0 Å². The van der Waals surface area contributed by atoms with Crippen molar-refractivity contribution in [2.75, 3.05) is 0 Å². The van der Waals surface area contributed by atoms with Gasteiger partial charge in [-0.25, -0.2) is 9.37 Å². The Morgan fingerprint density at radius 1 is 1.09 bits per heavy atom. The first kappa shape index (κ1) is 21.4. The lowest BCUT2D eigenvalue weighted by molar-refractivity contribution is 0.628. The van der Waals surface area contributed by atoms with Crippen LogP contribution < -0.4 is 0 Å². The first-order valence-corrected chi connectivity index (χ1v) is 8.34. The van der Waals surface area contributed by atoms with E-state index in [1.54, 1.807) is 12.1 Å². The summed E-state index contributed by atoms with van der Waals surface area (Å²) in [7, 11) is 0. The summed E-state index contributed by atoms with van der Waals surface area (Å²) in [5.74, 6) is -0.475. The van der Waals surface area contributed by atoms with Gasteiger partial charge >= 0.3 is 0 Å². The van der Waals surface area contributed by atoms with Crippen molar-refractivity contribution in [3.8, 4) is 17.3 Å². The number of nitrogens with zero attached hydrogens (tertiary/aromatic N) is 2. The second-order valence-electron chi connectivity index (χ2n) is 3.97. The molecule has 0 saturated heterocycles. The molecule has 124 valence electrons. The molecule has 0 spiro atoms. The zero-order chi connectivity index (χ0) is 17.8. The third-order valence-electron chi connectivity index (χ3n) is 2.59. The summed E-state index contributed by atoms with van der Waals surface area (Å²) in [4.78, 5) is 4.18. The van der Waals surface area contributed by atoms with Crippen LogP contribution in [0.25, 0.3) is 11.3 Å². The van der Waals surface area contributed by atoms with E-state index in [9.17, 15) is 4.39 Å². The molecule has 0 aliphatic rings. The van der Waals surface area contributed by atoms with Crippen LogP contribution in [0.1, 0.15) is 39.7 Å². The molecule has 0 saturated carbocycles. The molecule has 0 atom stereocenters. The Morgan fingerprint density at radius 3 is 2.30 bits per heavy atom. The molecule has 2 nitrogen and oxygen atoms in total. The van der Waals surface area contributed by atoms with Gasteiger partial charge in [-0.1, -0.05) is 50.9 Å². The van der Waals surface area contributed by atoms with E-state index in [-0.39, 0.29) is 5.02 Å². The zero-order valence-electron chi connectivity index (χ0n) is 13.8. The van der Waals surface area contributed by atoms with E-state index in [4.69, 9.17) is 28.5 Å². The van der Waals surface area contributed by atoms with Crippen LogP contribution >= 0.6 is 23.2 Å². The fourth-order valence-corrected chi connectivity index (χ4v) is 2.11. The fraction of sp³-hybridized carbons (Fsp3) is 0.333. The van der Waals surface area contributed by atoms with Gasteiger partial charge in [-0.05, 0) is 42.3 Å². The molecule has 23 heavy (non-hydrogen) atoms. The highest BCUT2D eigenvalue weighted by atomic mass is 35.5. The Morgan fingerprint density at radius 2 is 1.74 bits per heavy atom. The third-order valence-corrected chi connectivity index (χ3v) is 3.08. The van der Waals surface area contributed by atoms with E-state index in [1.165, 1.54) is 12.1 Å². The van der Waals surface area contributed by atoms with E-state index in [1.807, 2.05) is 33.8 Å².